The highest BCUT2D eigenvalue weighted by atomic mass is 35.5. The summed E-state index contributed by atoms with van der Waals surface area (Å²) in [5.41, 5.74) is 3.23. The van der Waals surface area contributed by atoms with E-state index in [1.165, 1.54) is 0 Å². The zero-order valence-electron chi connectivity index (χ0n) is 12.7. The molecular weight excluding hydrogens is 310 g/mol. The Bertz CT molecular complexity index is 810. The van der Waals surface area contributed by atoms with E-state index in [1.807, 2.05) is 49.4 Å². The van der Waals surface area contributed by atoms with Crippen LogP contribution in [0.3, 0.4) is 0 Å². The Hall–Kier alpha value is -2.59. The van der Waals surface area contributed by atoms with Gasteiger partial charge < -0.3 is 5.32 Å². The van der Waals surface area contributed by atoms with Gasteiger partial charge in [-0.05, 0) is 42.8 Å². The van der Waals surface area contributed by atoms with Crippen LogP contribution in [0.5, 0.6) is 0 Å². The van der Waals surface area contributed by atoms with Gasteiger partial charge >= 0.3 is 0 Å². The molecular formula is C18H16ClN3O. The first-order valence-corrected chi connectivity index (χ1v) is 7.66. The van der Waals surface area contributed by atoms with E-state index in [4.69, 9.17) is 11.6 Å². The molecule has 1 amide bonds. The van der Waals surface area contributed by atoms with E-state index < -0.39 is 0 Å². The number of aryl methyl sites for hydroxylation is 1. The number of benzene rings is 2. The van der Waals surface area contributed by atoms with E-state index in [-0.39, 0.29) is 5.91 Å². The van der Waals surface area contributed by atoms with E-state index in [0.717, 1.165) is 16.9 Å². The number of carbonyl (C=O) groups excluding carboxylic acids is 1. The van der Waals surface area contributed by atoms with Crippen molar-refractivity contribution in [1.82, 2.24) is 15.1 Å². The summed E-state index contributed by atoms with van der Waals surface area (Å²) in [7, 11) is 0. The standard InChI is InChI=1S/C18H16ClN3O/c1-13-11-17(21-22(13)16-5-3-2-4-6-16)18(23)20-12-14-7-9-15(19)10-8-14/h2-11H,12H2,1H3,(H,20,23). The second kappa shape index (κ2) is 6.67. The number of halogens is 1. The van der Waals surface area contributed by atoms with Crippen LogP contribution < -0.4 is 5.32 Å². The van der Waals surface area contributed by atoms with E-state index in [9.17, 15) is 4.79 Å². The maximum atomic E-state index is 12.3. The van der Waals surface area contributed by atoms with Gasteiger partial charge in [0.2, 0.25) is 0 Å². The number of hydrogen-bond donors (Lipinski definition) is 1. The van der Waals surface area contributed by atoms with Gasteiger partial charge in [-0.3, -0.25) is 4.79 Å². The van der Waals surface area contributed by atoms with Gasteiger partial charge in [0.1, 0.15) is 0 Å². The second-order valence-corrected chi connectivity index (χ2v) is 5.66. The molecule has 1 N–H and O–H groups in total. The predicted molar refractivity (Wildman–Crippen MR) is 90.9 cm³/mol. The van der Waals surface area contributed by atoms with E-state index in [0.29, 0.717) is 17.3 Å². The predicted octanol–water partition coefficient (Wildman–Crippen LogP) is 3.76. The number of aromatic nitrogens is 2. The number of carbonyl (C=O) groups is 1. The summed E-state index contributed by atoms with van der Waals surface area (Å²) in [5, 5.41) is 7.94. The van der Waals surface area contributed by atoms with Crippen molar-refractivity contribution >= 4 is 17.5 Å². The fraction of sp³-hybridized carbons (Fsp3) is 0.111. The molecule has 23 heavy (non-hydrogen) atoms. The lowest BCUT2D eigenvalue weighted by atomic mass is 10.2. The molecule has 0 atom stereocenters. The van der Waals surface area contributed by atoms with Gasteiger partial charge in [0.25, 0.3) is 5.91 Å². The molecule has 0 unspecified atom stereocenters. The van der Waals surface area contributed by atoms with Crippen molar-refractivity contribution in [2.24, 2.45) is 0 Å². The van der Waals surface area contributed by atoms with Gasteiger partial charge in [0.05, 0.1) is 5.69 Å². The zero-order chi connectivity index (χ0) is 16.2. The quantitative estimate of drug-likeness (QED) is 0.793. The van der Waals surface area contributed by atoms with Gasteiger partial charge in [0, 0.05) is 17.3 Å². The molecule has 0 aliphatic rings. The molecule has 0 spiro atoms. The highest BCUT2D eigenvalue weighted by Gasteiger charge is 2.12. The number of nitrogens with one attached hydrogen (secondary N) is 1. The summed E-state index contributed by atoms with van der Waals surface area (Å²) in [6.07, 6.45) is 0. The molecule has 3 rings (SSSR count). The number of para-hydroxylation sites is 1. The smallest absolute Gasteiger partial charge is 0.272 e. The van der Waals surface area contributed by atoms with Crippen molar-refractivity contribution in [3.05, 3.63) is 82.6 Å². The van der Waals surface area contributed by atoms with Gasteiger partial charge in [-0.1, -0.05) is 41.9 Å². The van der Waals surface area contributed by atoms with Crippen molar-refractivity contribution in [3.8, 4) is 5.69 Å². The minimum Gasteiger partial charge on any atom is -0.347 e. The minimum absolute atomic E-state index is 0.197. The monoisotopic (exact) mass is 325 g/mol. The second-order valence-electron chi connectivity index (χ2n) is 5.23. The molecule has 1 aromatic heterocycles. The first kappa shape index (κ1) is 15.3. The Kier molecular flexibility index (Phi) is 4.44. The van der Waals surface area contributed by atoms with Crippen LogP contribution in [-0.2, 0) is 6.54 Å². The third-order valence-electron chi connectivity index (χ3n) is 3.49. The van der Waals surface area contributed by atoms with Crippen LogP contribution in [0.4, 0.5) is 0 Å². The van der Waals surface area contributed by atoms with Crippen LogP contribution >= 0.6 is 11.6 Å². The first-order chi connectivity index (χ1) is 11.1. The first-order valence-electron chi connectivity index (χ1n) is 7.28. The third kappa shape index (κ3) is 3.60. The van der Waals surface area contributed by atoms with Crippen LogP contribution in [0, 0.1) is 6.92 Å². The Morgan fingerprint density at radius 2 is 1.83 bits per heavy atom. The Morgan fingerprint density at radius 1 is 1.13 bits per heavy atom. The topological polar surface area (TPSA) is 46.9 Å². The molecule has 5 heteroatoms. The highest BCUT2D eigenvalue weighted by Crippen LogP contribution is 2.12. The summed E-state index contributed by atoms with van der Waals surface area (Å²) >= 11 is 5.85. The normalized spacial score (nSPS) is 10.5. The zero-order valence-corrected chi connectivity index (χ0v) is 13.4. The summed E-state index contributed by atoms with van der Waals surface area (Å²) < 4.78 is 1.76. The molecule has 0 bridgehead atoms. The van der Waals surface area contributed by atoms with E-state index >= 15 is 0 Å². The molecule has 0 saturated carbocycles. The average Bonchev–Trinajstić information content (AvgIpc) is 2.97. The van der Waals surface area contributed by atoms with Crippen molar-refractivity contribution in [3.63, 3.8) is 0 Å². The molecule has 3 aromatic rings. The average molecular weight is 326 g/mol. The van der Waals surface area contributed by atoms with E-state index in [1.54, 1.807) is 22.9 Å². The van der Waals surface area contributed by atoms with Gasteiger partial charge in [-0.25, -0.2) is 4.68 Å². The van der Waals surface area contributed by atoms with E-state index in [2.05, 4.69) is 10.4 Å². The van der Waals surface area contributed by atoms with Crippen molar-refractivity contribution < 1.29 is 4.79 Å². The Morgan fingerprint density at radius 3 is 2.52 bits per heavy atom. The largest absolute Gasteiger partial charge is 0.347 e. The van der Waals surface area contributed by atoms with Crippen LogP contribution in [-0.4, -0.2) is 15.7 Å². The summed E-state index contributed by atoms with van der Waals surface area (Å²) in [4.78, 5) is 12.3. The Balaban J connectivity index is 1.72. The van der Waals surface area contributed by atoms with Crippen molar-refractivity contribution in [2.75, 3.05) is 0 Å². The molecule has 116 valence electrons. The lowest BCUT2D eigenvalue weighted by Gasteiger charge is -2.04. The molecule has 0 radical (unpaired) electrons. The minimum atomic E-state index is -0.197. The Labute approximate surface area is 139 Å². The van der Waals surface area contributed by atoms with Crippen molar-refractivity contribution in [1.29, 1.82) is 0 Å². The van der Waals surface area contributed by atoms with Crippen LogP contribution in [0.25, 0.3) is 5.69 Å². The third-order valence-corrected chi connectivity index (χ3v) is 3.74. The molecule has 2 aromatic carbocycles. The van der Waals surface area contributed by atoms with Crippen LogP contribution in [0.2, 0.25) is 5.02 Å². The lowest BCUT2D eigenvalue weighted by Crippen LogP contribution is -2.23. The van der Waals surface area contributed by atoms with Crippen molar-refractivity contribution in [2.45, 2.75) is 13.5 Å². The van der Waals surface area contributed by atoms with Gasteiger partial charge in [-0.15, -0.1) is 0 Å². The van der Waals surface area contributed by atoms with Crippen LogP contribution in [0.1, 0.15) is 21.7 Å². The summed E-state index contributed by atoms with van der Waals surface area (Å²) in [5.74, 6) is -0.197. The maximum Gasteiger partial charge on any atom is 0.272 e. The van der Waals surface area contributed by atoms with Gasteiger partial charge in [-0.2, -0.15) is 5.10 Å². The fourth-order valence-corrected chi connectivity index (χ4v) is 2.42. The van der Waals surface area contributed by atoms with Crippen LogP contribution in [0.15, 0.2) is 60.7 Å². The molecule has 0 fully saturated rings. The summed E-state index contributed by atoms with van der Waals surface area (Å²) in [6, 6.07) is 18.9. The highest BCUT2D eigenvalue weighted by molar-refractivity contribution is 6.30. The number of nitrogens with zero attached hydrogens (tertiary/aromatic N) is 2. The van der Waals surface area contributed by atoms with Gasteiger partial charge in [0.15, 0.2) is 5.69 Å². The molecule has 0 aliphatic heterocycles. The lowest BCUT2D eigenvalue weighted by molar-refractivity contribution is 0.0945. The summed E-state index contributed by atoms with van der Waals surface area (Å²) in [6.45, 7) is 2.36. The fourth-order valence-electron chi connectivity index (χ4n) is 2.29. The number of rotatable bonds is 4. The molecule has 0 saturated heterocycles. The molecule has 0 aliphatic carbocycles. The molecule has 1 heterocycles. The maximum absolute atomic E-state index is 12.3. The SMILES string of the molecule is Cc1cc(C(=O)NCc2ccc(Cl)cc2)nn1-c1ccccc1. The number of hydrogen-bond acceptors (Lipinski definition) is 2. The number of amides is 1. The molecule has 4 nitrogen and oxygen atoms in total.